The number of likely N-dealkylation sites (tertiary alicyclic amines) is 1. The first-order chi connectivity index (χ1) is 13.2. The lowest BCUT2D eigenvalue weighted by Gasteiger charge is -2.43. The van der Waals surface area contributed by atoms with E-state index in [1.807, 2.05) is 60.7 Å². The zero-order valence-corrected chi connectivity index (χ0v) is 14.9. The second-order valence-corrected chi connectivity index (χ2v) is 6.91. The summed E-state index contributed by atoms with van der Waals surface area (Å²) >= 11 is 0. The van der Waals surface area contributed by atoms with E-state index in [2.05, 4.69) is 4.90 Å². The molecule has 6 nitrogen and oxygen atoms in total. The molecular weight excluding hydrogens is 346 g/mol. The minimum atomic E-state index is -0.670. The van der Waals surface area contributed by atoms with Crippen molar-refractivity contribution in [1.29, 1.82) is 0 Å². The molecule has 2 aromatic rings. The summed E-state index contributed by atoms with van der Waals surface area (Å²) in [5, 5.41) is 10.1. The fourth-order valence-corrected chi connectivity index (χ4v) is 3.81. The quantitative estimate of drug-likeness (QED) is 0.789. The zero-order chi connectivity index (χ0) is 18.6. The van der Waals surface area contributed by atoms with Crippen molar-refractivity contribution in [2.24, 2.45) is 0 Å². The molecule has 6 heteroatoms. The first-order valence-electron chi connectivity index (χ1n) is 9.16. The van der Waals surface area contributed by atoms with E-state index in [1.165, 1.54) is 0 Å². The SMILES string of the molecule is O=C1O[C@H]2[C@H](OCc3ccccc3)[C@@H](CO)N(Cc3ccccc3)C[C@H]2O1. The molecule has 0 bridgehead atoms. The van der Waals surface area contributed by atoms with E-state index in [0.717, 1.165) is 11.1 Å². The third-order valence-corrected chi connectivity index (χ3v) is 5.13. The van der Waals surface area contributed by atoms with Gasteiger partial charge >= 0.3 is 6.16 Å². The van der Waals surface area contributed by atoms with E-state index in [9.17, 15) is 9.90 Å². The van der Waals surface area contributed by atoms with Crippen molar-refractivity contribution in [1.82, 2.24) is 4.90 Å². The summed E-state index contributed by atoms with van der Waals surface area (Å²) in [6.45, 7) is 1.43. The maximum atomic E-state index is 11.7. The lowest BCUT2D eigenvalue weighted by atomic mass is 9.93. The summed E-state index contributed by atoms with van der Waals surface area (Å²) in [6.07, 6.45) is -2.05. The van der Waals surface area contributed by atoms with Crippen LogP contribution in [0.2, 0.25) is 0 Å². The van der Waals surface area contributed by atoms with Gasteiger partial charge in [0.25, 0.3) is 0 Å². The van der Waals surface area contributed by atoms with Crippen LogP contribution < -0.4 is 0 Å². The number of nitrogens with zero attached hydrogens (tertiary/aromatic N) is 1. The summed E-state index contributed by atoms with van der Waals surface area (Å²) in [6, 6.07) is 19.5. The van der Waals surface area contributed by atoms with Crippen molar-refractivity contribution in [3.05, 3.63) is 71.8 Å². The standard InChI is InChI=1S/C21H23NO5/c23-13-17-19(25-14-16-9-5-2-6-10-16)20-18(26-21(24)27-20)12-22(17)11-15-7-3-1-4-8-15/h1-10,17-20,23H,11-14H2/t17-,18-,19-,20-/m1/s1. The Kier molecular flexibility index (Phi) is 5.38. The van der Waals surface area contributed by atoms with Crippen molar-refractivity contribution in [3.8, 4) is 0 Å². The van der Waals surface area contributed by atoms with Gasteiger partial charge in [0.2, 0.25) is 0 Å². The van der Waals surface area contributed by atoms with E-state index in [-0.39, 0.29) is 12.6 Å². The highest BCUT2D eigenvalue weighted by atomic mass is 16.8. The molecule has 4 rings (SSSR count). The molecule has 2 aliphatic rings. The van der Waals surface area contributed by atoms with Gasteiger partial charge in [-0.15, -0.1) is 0 Å². The average Bonchev–Trinajstić information content (AvgIpc) is 3.07. The molecule has 142 valence electrons. The molecule has 2 saturated heterocycles. The Morgan fingerprint density at radius 2 is 1.67 bits per heavy atom. The number of fused-ring (bicyclic) bond motifs is 1. The molecule has 4 atom stereocenters. The van der Waals surface area contributed by atoms with Crippen molar-refractivity contribution in [2.75, 3.05) is 13.2 Å². The Balaban J connectivity index is 1.54. The lowest BCUT2D eigenvalue weighted by molar-refractivity contribution is -0.136. The molecule has 27 heavy (non-hydrogen) atoms. The topological polar surface area (TPSA) is 68.2 Å². The largest absolute Gasteiger partial charge is 0.509 e. The summed E-state index contributed by atoms with van der Waals surface area (Å²) in [4.78, 5) is 13.8. The predicted octanol–water partition coefficient (Wildman–Crippen LogP) is 2.35. The molecule has 2 aliphatic heterocycles. The Labute approximate surface area is 158 Å². The van der Waals surface area contributed by atoms with Gasteiger partial charge < -0.3 is 19.3 Å². The van der Waals surface area contributed by atoms with E-state index in [4.69, 9.17) is 14.2 Å². The third-order valence-electron chi connectivity index (χ3n) is 5.13. The van der Waals surface area contributed by atoms with Crippen LogP contribution in [-0.4, -0.2) is 53.7 Å². The third kappa shape index (κ3) is 3.98. The minimum absolute atomic E-state index is 0.0902. The second-order valence-electron chi connectivity index (χ2n) is 6.91. The van der Waals surface area contributed by atoms with Crippen LogP contribution >= 0.6 is 0 Å². The highest BCUT2D eigenvalue weighted by molar-refractivity contribution is 5.63. The number of aliphatic hydroxyl groups is 1. The summed E-state index contributed by atoms with van der Waals surface area (Å²) in [7, 11) is 0. The van der Waals surface area contributed by atoms with Crippen LogP contribution in [-0.2, 0) is 27.4 Å². The van der Waals surface area contributed by atoms with E-state index < -0.39 is 24.5 Å². The zero-order valence-electron chi connectivity index (χ0n) is 14.9. The molecule has 0 saturated carbocycles. The Bertz CT molecular complexity index is 754. The van der Waals surface area contributed by atoms with Gasteiger partial charge in [0.15, 0.2) is 12.2 Å². The van der Waals surface area contributed by atoms with Crippen molar-refractivity contribution in [2.45, 2.75) is 37.5 Å². The Morgan fingerprint density at radius 3 is 2.33 bits per heavy atom. The van der Waals surface area contributed by atoms with Gasteiger partial charge in [0.05, 0.1) is 19.3 Å². The molecule has 0 aliphatic carbocycles. The van der Waals surface area contributed by atoms with Crippen molar-refractivity contribution < 1.29 is 24.1 Å². The predicted molar refractivity (Wildman–Crippen MR) is 97.9 cm³/mol. The number of carbonyl (C=O) groups is 1. The van der Waals surface area contributed by atoms with Crippen LogP contribution in [0.25, 0.3) is 0 Å². The molecule has 0 aromatic heterocycles. The molecule has 0 radical (unpaired) electrons. The highest BCUT2D eigenvalue weighted by Crippen LogP contribution is 2.31. The van der Waals surface area contributed by atoms with E-state index >= 15 is 0 Å². The number of hydrogen-bond donors (Lipinski definition) is 1. The van der Waals surface area contributed by atoms with Gasteiger partial charge in [-0.25, -0.2) is 4.79 Å². The first-order valence-corrected chi connectivity index (χ1v) is 9.16. The Hall–Kier alpha value is -2.41. The average molecular weight is 369 g/mol. The fourth-order valence-electron chi connectivity index (χ4n) is 3.81. The number of hydrogen-bond acceptors (Lipinski definition) is 6. The second kappa shape index (κ2) is 8.08. The van der Waals surface area contributed by atoms with Crippen LogP contribution in [0.1, 0.15) is 11.1 Å². The van der Waals surface area contributed by atoms with E-state index in [1.54, 1.807) is 0 Å². The van der Waals surface area contributed by atoms with Crippen molar-refractivity contribution >= 4 is 6.16 Å². The van der Waals surface area contributed by atoms with Crippen LogP contribution in [0.15, 0.2) is 60.7 Å². The number of benzene rings is 2. The molecule has 2 heterocycles. The minimum Gasteiger partial charge on any atom is -0.426 e. The molecule has 1 N–H and O–H groups in total. The monoisotopic (exact) mass is 369 g/mol. The van der Waals surface area contributed by atoms with Gasteiger partial charge in [-0.1, -0.05) is 60.7 Å². The molecular formula is C21H23NO5. The van der Waals surface area contributed by atoms with Crippen LogP contribution in [0.3, 0.4) is 0 Å². The van der Waals surface area contributed by atoms with Crippen molar-refractivity contribution in [3.63, 3.8) is 0 Å². The lowest BCUT2D eigenvalue weighted by Crippen LogP contribution is -2.62. The Morgan fingerprint density at radius 1 is 1.00 bits per heavy atom. The maximum Gasteiger partial charge on any atom is 0.509 e. The van der Waals surface area contributed by atoms with Gasteiger partial charge in [0.1, 0.15) is 6.10 Å². The van der Waals surface area contributed by atoms with E-state index in [0.29, 0.717) is 19.7 Å². The van der Waals surface area contributed by atoms with Crippen LogP contribution in [0.5, 0.6) is 0 Å². The number of ether oxygens (including phenoxy) is 3. The molecule has 2 fully saturated rings. The molecule has 0 unspecified atom stereocenters. The summed E-state index contributed by atoms with van der Waals surface area (Å²) in [5.41, 5.74) is 2.15. The number of aliphatic hydroxyl groups excluding tert-OH is 1. The number of carbonyl (C=O) groups excluding carboxylic acids is 1. The highest BCUT2D eigenvalue weighted by Gasteiger charge is 2.52. The first kappa shape index (κ1) is 18.0. The molecule has 2 aromatic carbocycles. The van der Waals surface area contributed by atoms with Crippen LogP contribution in [0, 0.1) is 0 Å². The van der Waals surface area contributed by atoms with Gasteiger partial charge in [-0.3, -0.25) is 4.90 Å². The number of rotatable bonds is 6. The van der Waals surface area contributed by atoms with Crippen LogP contribution in [0.4, 0.5) is 4.79 Å². The normalized spacial score (nSPS) is 27.7. The van der Waals surface area contributed by atoms with Gasteiger partial charge in [-0.2, -0.15) is 0 Å². The number of piperidine rings is 1. The van der Waals surface area contributed by atoms with Gasteiger partial charge in [0, 0.05) is 13.1 Å². The summed E-state index contributed by atoms with van der Waals surface area (Å²) < 4.78 is 16.9. The summed E-state index contributed by atoms with van der Waals surface area (Å²) in [5.74, 6) is 0. The maximum absolute atomic E-state index is 11.7. The molecule has 0 amide bonds. The van der Waals surface area contributed by atoms with Gasteiger partial charge in [-0.05, 0) is 11.1 Å². The fraction of sp³-hybridized carbons (Fsp3) is 0.381. The molecule has 0 spiro atoms. The smallest absolute Gasteiger partial charge is 0.426 e.